The molecule has 0 saturated heterocycles. The molecule has 0 radical (unpaired) electrons. The van der Waals surface area contributed by atoms with Gasteiger partial charge in [0.15, 0.2) is 0 Å². The molecule has 0 aliphatic carbocycles. The molecule has 3 aromatic rings. The summed E-state index contributed by atoms with van der Waals surface area (Å²) < 4.78 is 14.1. The first kappa shape index (κ1) is 17.8. The van der Waals surface area contributed by atoms with Gasteiger partial charge in [-0.15, -0.1) is 11.3 Å². The molecule has 2 N–H and O–H groups in total. The Morgan fingerprint density at radius 1 is 1.08 bits per heavy atom. The van der Waals surface area contributed by atoms with Gasteiger partial charge in [0.05, 0.1) is 12.6 Å². The molecule has 1 heterocycles. The van der Waals surface area contributed by atoms with Gasteiger partial charge >= 0.3 is 0 Å². The third kappa shape index (κ3) is 4.98. The van der Waals surface area contributed by atoms with Crippen molar-refractivity contribution in [1.82, 2.24) is 5.32 Å². The van der Waals surface area contributed by atoms with Crippen LogP contribution in [0.2, 0.25) is 0 Å². The van der Waals surface area contributed by atoms with Gasteiger partial charge in [-0.1, -0.05) is 34.1 Å². The van der Waals surface area contributed by atoms with Gasteiger partial charge in [-0.2, -0.15) is 0 Å². The average Bonchev–Trinajstić information content (AvgIpc) is 3.13. The minimum atomic E-state index is -0.276. The maximum Gasteiger partial charge on any atom is 0.238 e. The van der Waals surface area contributed by atoms with Crippen LogP contribution < -0.4 is 10.6 Å². The van der Waals surface area contributed by atoms with Crippen molar-refractivity contribution in [3.8, 4) is 0 Å². The lowest BCUT2D eigenvalue weighted by Crippen LogP contribution is -2.31. The molecule has 1 aromatic heterocycles. The maximum absolute atomic E-state index is 13.2. The van der Waals surface area contributed by atoms with E-state index in [9.17, 15) is 9.18 Å². The lowest BCUT2D eigenvalue weighted by Gasteiger charge is -2.18. The quantitative estimate of drug-likeness (QED) is 0.593. The van der Waals surface area contributed by atoms with Crippen molar-refractivity contribution >= 4 is 38.9 Å². The van der Waals surface area contributed by atoms with Crippen molar-refractivity contribution < 1.29 is 9.18 Å². The van der Waals surface area contributed by atoms with Crippen LogP contribution in [0.15, 0.2) is 70.5 Å². The zero-order valence-corrected chi connectivity index (χ0v) is 15.6. The van der Waals surface area contributed by atoms with E-state index in [1.54, 1.807) is 23.5 Å². The Balaban J connectivity index is 1.67. The third-order valence-corrected chi connectivity index (χ3v) is 5.09. The molecular weight excluding hydrogens is 403 g/mol. The van der Waals surface area contributed by atoms with E-state index >= 15 is 0 Å². The Kier molecular flexibility index (Phi) is 5.96. The van der Waals surface area contributed by atoms with E-state index < -0.39 is 0 Å². The Morgan fingerprint density at radius 2 is 1.80 bits per heavy atom. The number of amides is 1. The van der Waals surface area contributed by atoms with E-state index in [1.807, 2.05) is 41.8 Å². The fourth-order valence-corrected chi connectivity index (χ4v) is 3.52. The van der Waals surface area contributed by atoms with Crippen LogP contribution >= 0.6 is 27.3 Å². The summed E-state index contributed by atoms with van der Waals surface area (Å²) in [5, 5.41) is 8.09. The Morgan fingerprint density at radius 3 is 2.44 bits per heavy atom. The number of carbonyl (C=O) groups excluding carboxylic acids is 1. The third-order valence-electron chi connectivity index (χ3n) is 3.63. The number of hydrogen-bond donors (Lipinski definition) is 2. The number of halogens is 2. The second-order valence-electron chi connectivity index (χ2n) is 5.44. The predicted octanol–water partition coefficient (Wildman–Crippen LogP) is 4.97. The van der Waals surface area contributed by atoms with Crippen molar-refractivity contribution in [2.45, 2.75) is 6.04 Å². The lowest BCUT2D eigenvalue weighted by atomic mass is 10.1. The minimum Gasteiger partial charge on any atom is -0.325 e. The minimum absolute atomic E-state index is 0.133. The summed E-state index contributed by atoms with van der Waals surface area (Å²) in [7, 11) is 0. The molecule has 0 aliphatic heterocycles. The van der Waals surface area contributed by atoms with E-state index in [0.717, 1.165) is 20.6 Å². The Labute approximate surface area is 158 Å². The topological polar surface area (TPSA) is 41.1 Å². The van der Waals surface area contributed by atoms with Crippen LogP contribution in [0.3, 0.4) is 0 Å². The molecule has 0 bridgehead atoms. The normalized spacial score (nSPS) is 11.9. The highest BCUT2D eigenvalue weighted by Crippen LogP contribution is 2.26. The molecular formula is C19H16BrFN2OS. The van der Waals surface area contributed by atoms with Crippen LogP contribution in [0.5, 0.6) is 0 Å². The zero-order chi connectivity index (χ0) is 17.6. The van der Waals surface area contributed by atoms with Crippen LogP contribution in [0.1, 0.15) is 16.5 Å². The molecule has 128 valence electrons. The van der Waals surface area contributed by atoms with E-state index in [0.29, 0.717) is 0 Å². The summed E-state index contributed by atoms with van der Waals surface area (Å²) in [6, 6.07) is 17.5. The van der Waals surface area contributed by atoms with Crippen molar-refractivity contribution in [1.29, 1.82) is 0 Å². The number of nitrogens with one attached hydrogen (secondary N) is 2. The highest BCUT2D eigenvalue weighted by atomic mass is 79.9. The summed E-state index contributed by atoms with van der Waals surface area (Å²) >= 11 is 4.96. The smallest absolute Gasteiger partial charge is 0.238 e. The van der Waals surface area contributed by atoms with Crippen LogP contribution in [0, 0.1) is 5.82 Å². The molecule has 0 fully saturated rings. The van der Waals surface area contributed by atoms with Crippen molar-refractivity contribution in [2.24, 2.45) is 0 Å². The zero-order valence-electron chi connectivity index (χ0n) is 13.2. The monoisotopic (exact) mass is 418 g/mol. The maximum atomic E-state index is 13.2. The van der Waals surface area contributed by atoms with Crippen molar-refractivity contribution in [3.63, 3.8) is 0 Å². The van der Waals surface area contributed by atoms with Crippen LogP contribution in [-0.4, -0.2) is 12.5 Å². The average molecular weight is 419 g/mol. The molecule has 0 saturated carbocycles. The van der Waals surface area contributed by atoms with Crippen molar-refractivity contribution in [2.75, 3.05) is 11.9 Å². The predicted molar refractivity (Wildman–Crippen MR) is 103 cm³/mol. The van der Waals surface area contributed by atoms with Crippen LogP contribution in [-0.2, 0) is 4.79 Å². The van der Waals surface area contributed by atoms with E-state index in [4.69, 9.17) is 0 Å². The van der Waals surface area contributed by atoms with Gasteiger partial charge in [-0.3, -0.25) is 10.1 Å². The van der Waals surface area contributed by atoms with Gasteiger partial charge in [0.25, 0.3) is 0 Å². The largest absolute Gasteiger partial charge is 0.325 e. The molecule has 0 aliphatic rings. The van der Waals surface area contributed by atoms with Gasteiger partial charge in [0.1, 0.15) is 5.82 Å². The van der Waals surface area contributed by atoms with E-state index in [2.05, 4.69) is 26.6 Å². The fourth-order valence-electron chi connectivity index (χ4n) is 2.43. The van der Waals surface area contributed by atoms with E-state index in [-0.39, 0.29) is 24.3 Å². The number of thiophene rings is 1. The van der Waals surface area contributed by atoms with Crippen LogP contribution in [0.4, 0.5) is 10.1 Å². The second-order valence-corrected chi connectivity index (χ2v) is 7.33. The SMILES string of the molecule is O=C(CN[C@@H](c1ccc(F)cc1)c1cccs1)Nc1ccc(Br)cc1. The number of anilines is 1. The van der Waals surface area contributed by atoms with Gasteiger partial charge in [0, 0.05) is 15.0 Å². The summed E-state index contributed by atoms with van der Waals surface area (Å²) in [6.45, 7) is 0.149. The van der Waals surface area contributed by atoms with E-state index in [1.165, 1.54) is 12.1 Å². The second kappa shape index (κ2) is 8.38. The molecule has 0 unspecified atom stereocenters. The number of hydrogen-bond acceptors (Lipinski definition) is 3. The van der Waals surface area contributed by atoms with Crippen LogP contribution in [0.25, 0.3) is 0 Å². The number of rotatable bonds is 6. The van der Waals surface area contributed by atoms with Crippen molar-refractivity contribution in [3.05, 3.63) is 86.8 Å². The summed E-state index contributed by atoms with van der Waals surface area (Å²) in [5.41, 5.74) is 1.66. The molecule has 25 heavy (non-hydrogen) atoms. The molecule has 6 heteroatoms. The molecule has 2 aromatic carbocycles. The highest BCUT2D eigenvalue weighted by molar-refractivity contribution is 9.10. The highest BCUT2D eigenvalue weighted by Gasteiger charge is 2.16. The number of benzene rings is 2. The molecule has 0 spiro atoms. The standard InChI is InChI=1S/C19H16BrFN2OS/c20-14-5-9-16(10-6-14)23-18(24)12-22-19(17-2-1-11-25-17)13-3-7-15(21)8-4-13/h1-11,19,22H,12H2,(H,23,24)/t19-/m0/s1. The number of carbonyl (C=O) groups is 1. The lowest BCUT2D eigenvalue weighted by molar-refractivity contribution is -0.115. The van der Waals surface area contributed by atoms with Gasteiger partial charge < -0.3 is 5.32 Å². The van der Waals surface area contributed by atoms with Gasteiger partial charge in [-0.05, 0) is 53.4 Å². The molecule has 3 rings (SSSR count). The first-order chi connectivity index (χ1) is 12.1. The Hall–Kier alpha value is -2.02. The fraction of sp³-hybridized carbons (Fsp3) is 0.105. The summed E-state index contributed by atoms with van der Waals surface area (Å²) in [6.07, 6.45) is 0. The summed E-state index contributed by atoms with van der Waals surface area (Å²) in [4.78, 5) is 13.3. The van der Waals surface area contributed by atoms with Gasteiger partial charge in [-0.25, -0.2) is 4.39 Å². The molecule has 1 amide bonds. The first-order valence-electron chi connectivity index (χ1n) is 7.69. The van der Waals surface area contributed by atoms with Gasteiger partial charge in [0.2, 0.25) is 5.91 Å². The molecule has 1 atom stereocenters. The summed E-state index contributed by atoms with van der Waals surface area (Å²) in [5.74, 6) is -0.410. The Bertz CT molecular complexity index is 820. The molecule has 3 nitrogen and oxygen atoms in total. The first-order valence-corrected chi connectivity index (χ1v) is 9.37.